The second-order valence-electron chi connectivity index (χ2n) is 3.66. The van der Waals surface area contributed by atoms with Crippen LogP contribution in [0, 0.1) is 5.82 Å². The maximum atomic E-state index is 13.6. The van der Waals surface area contributed by atoms with Crippen LogP contribution in [0.3, 0.4) is 0 Å². The van der Waals surface area contributed by atoms with Crippen molar-refractivity contribution in [1.82, 2.24) is 0 Å². The van der Waals surface area contributed by atoms with E-state index in [-0.39, 0.29) is 28.4 Å². The van der Waals surface area contributed by atoms with Gasteiger partial charge in [0.2, 0.25) is 0 Å². The first-order chi connectivity index (χ1) is 9.06. The van der Waals surface area contributed by atoms with Crippen LogP contribution in [0.2, 0.25) is 0 Å². The van der Waals surface area contributed by atoms with Crippen LogP contribution in [0.15, 0.2) is 28.7 Å². The van der Waals surface area contributed by atoms with Gasteiger partial charge < -0.3 is 14.3 Å². The highest BCUT2D eigenvalue weighted by Gasteiger charge is 2.19. The SMILES string of the molecule is COc1cc(C(=O)O)c(-c2ccc(C=O)o2)cc1F. The Morgan fingerprint density at radius 2 is 2.16 bits per heavy atom. The number of ether oxygens (including phenoxy) is 1. The number of carboxylic acids is 1. The monoisotopic (exact) mass is 264 g/mol. The van der Waals surface area contributed by atoms with Gasteiger partial charge in [-0.25, -0.2) is 9.18 Å². The summed E-state index contributed by atoms with van der Waals surface area (Å²) in [5, 5.41) is 9.11. The van der Waals surface area contributed by atoms with Gasteiger partial charge in [0.25, 0.3) is 0 Å². The quantitative estimate of drug-likeness (QED) is 0.859. The predicted molar refractivity (Wildman–Crippen MR) is 63.0 cm³/mol. The third-order valence-electron chi connectivity index (χ3n) is 2.53. The van der Waals surface area contributed by atoms with Crippen molar-refractivity contribution >= 4 is 12.3 Å². The maximum Gasteiger partial charge on any atom is 0.336 e. The first-order valence-electron chi connectivity index (χ1n) is 5.23. The van der Waals surface area contributed by atoms with Crippen LogP contribution >= 0.6 is 0 Å². The molecular weight excluding hydrogens is 255 g/mol. The number of carbonyl (C=O) groups excluding carboxylic acids is 1. The van der Waals surface area contributed by atoms with Crippen molar-refractivity contribution in [3.05, 3.63) is 41.4 Å². The molecule has 0 fully saturated rings. The Hall–Kier alpha value is -2.63. The van der Waals surface area contributed by atoms with Gasteiger partial charge in [0.1, 0.15) is 5.76 Å². The first kappa shape index (κ1) is 12.8. The van der Waals surface area contributed by atoms with Gasteiger partial charge in [0.15, 0.2) is 23.6 Å². The van der Waals surface area contributed by atoms with Crippen LogP contribution in [-0.4, -0.2) is 24.5 Å². The summed E-state index contributed by atoms with van der Waals surface area (Å²) in [6.07, 6.45) is 0.476. The number of aldehydes is 1. The molecule has 0 unspecified atom stereocenters. The standard InChI is InChI=1S/C13H9FO5/c1-18-12-5-9(13(16)17)8(4-10(12)14)11-3-2-7(6-15)19-11/h2-6H,1H3,(H,16,17). The Kier molecular flexibility index (Phi) is 3.33. The van der Waals surface area contributed by atoms with Crippen LogP contribution in [0.1, 0.15) is 20.9 Å². The Bertz CT molecular complexity index is 644. The van der Waals surface area contributed by atoms with Crippen LogP contribution in [0.4, 0.5) is 4.39 Å². The molecule has 1 aromatic heterocycles. The molecule has 2 rings (SSSR count). The summed E-state index contributed by atoms with van der Waals surface area (Å²) in [5.41, 5.74) is -0.135. The highest BCUT2D eigenvalue weighted by molar-refractivity contribution is 5.96. The number of halogens is 1. The van der Waals surface area contributed by atoms with Gasteiger partial charge in [0, 0.05) is 5.56 Å². The van der Waals surface area contributed by atoms with E-state index in [4.69, 9.17) is 14.3 Å². The molecule has 0 atom stereocenters. The third kappa shape index (κ3) is 2.33. The number of benzene rings is 1. The minimum Gasteiger partial charge on any atom is -0.494 e. The Labute approximate surface area is 107 Å². The predicted octanol–water partition coefficient (Wildman–Crippen LogP) is 2.61. The number of hydrogen-bond donors (Lipinski definition) is 1. The summed E-state index contributed by atoms with van der Waals surface area (Å²) in [4.78, 5) is 21.7. The van der Waals surface area contributed by atoms with Gasteiger partial charge in [-0.1, -0.05) is 0 Å². The van der Waals surface area contributed by atoms with Crippen molar-refractivity contribution in [2.24, 2.45) is 0 Å². The van der Waals surface area contributed by atoms with E-state index in [9.17, 15) is 14.0 Å². The minimum absolute atomic E-state index is 0.0302. The molecule has 1 N–H and O–H groups in total. The average Bonchev–Trinajstić information content (AvgIpc) is 2.86. The molecule has 98 valence electrons. The van der Waals surface area contributed by atoms with Gasteiger partial charge in [-0.05, 0) is 24.3 Å². The van der Waals surface area contributed by atoms with Crippen LogP contribution in [0.25, 0.3) is 11.3 Å². The molecule has 2 aromatic rings. The number of carboxylic acid groups (broad SMARTS) is 1. The first-order valence-corrected chi connectivity index (χ1v) is 5.23. The lowest BCUT2D eigenvalue weighted by Gasteiger charge is -2.07. The molecule has 0 aliphatic rings. The van der Waals surface area contributed by atoms with E-state index in [0.29, 0.717) is 6.29 Å². The van der Waals surface area contributed by atoms with Gasteiger partial charge in [-0.3, -0.25) is 4.79 Å². The molecule has 1 aromatic carbocycles. The zero-order valence-electron chi connectivity index (χ0n) is 9.84. The molecule has 19 heavy (non-hydrogen) atoms. The topological polar surface area (TPSA) is 76.7 Å². The number of aromatic carboxylic acids is 1. The van der Waals surface area contributed by atoms with E-state index in [1.807, 2.05) is 0 Å². The average molecular weight is 264 g/mol. The van der Waals surface area contributed by atoms with E-state index in [1.54, 1.807) is 0 Å². The molecule has 0 bridgehead atoms. The third-order valence-corrected chi connectivity index (χ3v) is 2.53. The number of methoxy groups -OCH3 is 1. The molecule has 0 amide bonds. The highest BCUT2D eigenvalue weighted by atomic mass is 19.1. The van der Waals surface area contributed by atoms with E-state index >= 15 is 0 Å². The lowest BCUT2D eigenvalue weighted by Crippen LogP contribution is -2.02. The maximum absolute atomic E-state index is 13.6. The largest absolute Gasteiger partial charge is 0.494 e. The Balaban J connectivity index is 2.64. The van der Waals surface area contributed by atoms with Crippen molar-refractivity contribution in [2.75, 3.05) is 7.11 Å². The lowest BCUT2D eigenvalue weighted by molar-refractivity contribution is 0.0697. The van der Waals surface area contributed by atoms with E-state index in [1.165, 1.54) is 19.2 Å². The molecule has 0 saturated heterocycles. The van der Waals surface area contributed by atoms with E-state index in [2.05, 4.69) is 0 Å². The molecule has 0 aliphatic carbocycles. The van der Waals surface area contributed by atoms with Crippen molar-refractivity contribution in [2.45, 2.75) is 0 Å². The Morgan fingerprint density at radius 1 is 1.42 bits per heavy atom. The fourth-order valence-electron chi connectivity index (χ4n) is 1.65. The summed E-state index contributed by atoms with van der Waals surface area (Å²) in [6, 6.07) is 4.83. The van der Waals surface area contributed by atoms with Gasteiger partial charge in [-0.15, -0.1) is 0 Å². The van der Waals surface area contributed by atoms with Gasteiger partial charge in [0.05, 0.1) is 12.7 Å². The van der Waals surface area contributed by atoms with Crippen molar-refractivity contribution in [3.8, 4) is 17.1 Å². The fraction of sp³-hybridized carbons (Fsp3) is 0.0769. The fourth-order valence-corrected chi connectivity index (χ4v) is 1.65. The number of carbonyl (C=O) groups is 2. The summed E-state index contributed by atoms with van der Waals surface area (Å²) >= 11 is 0. The normalized spacial score (nSPS) is 10.2. The molecule has 1 heterocycles. The minimum atomic E-state index is -1.25. The molecule has 0 saturated carbocycles. The zero-order valence-corrected chi connectivity index (χ0v) is 9.84. The second kappa shape index (κ2) is 4.93. The smallest absolute Gasteiger partial charge is 0.336 e. The van der Waals surface area contributed by atoms with Crippen LogP contribution in [0.5, 0.6) is 5.75 Å². The van der Waals surface area contributed by atoms with Crippen molar-refractivity contribution in [1.29, 1.82) is 0 Å². The lowest BCUT2D eigenvalue weighted by atomic mass is 10.0. The molecule has 0 spiro atoms. The molecule has 0 aliphatic heterocycles. The Morgan fingerprint density at radius 3 is 2.68 bits per heavy atom. The summed E-state index contributed by atoms with van der Waals surface area (Å²) in [6.45, 7) is 0. The zero-order chi connectivity index (χ0) is 14.0. The van der Waals surface area contributed by atoms with E-state index in [0.717, 1.165) is 12.1 Å². The summed E-state index contributed by atoms with van der Waals surface area (Å²) in [5.74, 6) is -2.02. The molecule has 5 nitrogen and oxygen atoms in total. The van der Waals surface area contributed by atoms with E-state index < -0.39 is 11.8 Å². The summed E-state index contributed by atoms with van der Waals surface area (Å²) < 4.78 is 23.5. The van der Waals surface area contributed by atoms with Crippen LogP contribution < -0.4 is 4.74 Å². The number of furan rings is 1. The molecule has 0 radical (unpaired) electrons. The molecule has 6 heteroatoms. The van der Waals surface area contributed by atoms with Crippen LogP contribution in [-0.2, 0) is 0 Å². The number of hydrogen-bond acceptors (Lipinski definition) is 4. The van der Waals surface area contributed by atoms with Crippen molar-refractivity contribution in [3.63, 3.8) is 0 Å². The van der Waals surface area contributed by atoms with Crippen molar-refractivity contribution < 1.29 is 28.2 Å². The number of rotatable bonds is 4. The second-order valence-corrected chi connectivity index (χ2v) is 3.66. The van der Waals surface area contributed by atoms with Gasteiger partial charge in [-0.2, -0.15) is 0 Å². The molecular formula is C13H9FO5. The highest BCUT2D eigenvalue weighted by Crippen LogP contribution is 2.31. The summed E-state index contributed by atoms with van der Waals surface area (Å²) in [7, 11) is 1.24. The van der Waals surface area contributed by atoms with Gasteiger partial charge >= 0.3 is 5.97 Å².